The highest BCUT2D eigenvalue weighted by molar-refractivity contribution is 5.89. The van der Waals surface area contributed by atoms with Gasteiger partial charge in [0.25, 0.3) is 5.92 Å². The predicted octanol–water partition coefficient (Wildman–Crippen LogP) is 3.07. The lowest BCUT2D eigenvalue weighted by Gasteiger charge is -2.28. The summed E-state index contributed by atoms with van der Waals surface area (Å²) in [4.78, 5) is 10.1. The largest absolute Gasteiger partial charge is 0.408 e. The van der Waals surface area contributed by atoms with Crippen molar-refractivity contribution >= 4 is 28.4 Å². The molecule has 1 aliphatic rings. The molecular formula is C20H23F5N10. The molecular weight excluding hydrogens is 475 g/mol. The summed E-state index contributed by atoms with van der Waals surface area (Å²) in [6, 6.07) is 4.95. The second-order valence-electron chi connectivity index (χ2n) is 8.19. The number of pyridine rings is 1. The van der Waals surface area contributed by atoms with Gasteiger partial charge in [-0.15, -0.1) is 10.2 Å². The highest BCUT2D eigenvalue weighted by Crippen LogP contribution is 2.30. The Hall–Kier alpha value is -3.62. The van der Waals surface area contributed by atoms with Crippen LogP contribution in [-0.4, -0.2) is 78.8 Å². The standard InChI is InChI=1S/C14H12F3N9.C6H11F2N/c1-19-11-10-7(4-5-25(10)23-13(18)21-11)8-2-3-9-12(20-8)26(24-22-9)6-14(15,16)17;1-9-4-2-3-6(7,8)5-9/h2-5H,6H2,1H3,(H3,18,19,21,23);2-5H2,1H3. The van der Waals surface area contributed by atoms with E-state index in [-0.39, 0.29) is 30.1 Å². The van der Waals surface area contributed by atoms with Gasteiger partial charge in [-0.1, -0.05) is 5.21 Å². The Kier molecular flexibility index (Phi) is 6.44. The van der Waals surface area contributed by atoms with E-state index in [4.69, 9.17) is 5.73 Å². The minimum atomic E-state index is -4.42. The van der Waals surface area contributed by atoms with Gasteiger partial charge in [-0.25, -0.2) is 23.0 Å². The van der Waals surface area contributed by atoms with Crippen molar-refractivity contribution in [3.8, 4) is 11.3 Å². The number of piperidine rings is 1. The first-order valence-corrected chi connectivity index (χ1v) is 10.6. The average Bonchev–Trinajstić information content (AvgIpc) is 3.35. The molecule has 5 heterocycles. The summed E-state index contributed by atoms with van der Waals surface area (Å²) < 4.78 is 65.2. The van der Waals surface area contributed by atoms with Gasteiger partial charge in [0.05, 0.1) is 12.2 Å². The van der Waals surface area contributed by atoms with Crippen LogP contribution < -0.4 is 11.1 Å². The number of nitrogen functional groups attached to an aromatic ring is 1. The maximum absolute atomic E-state index is 12.7. The van der Waals surface area contributed by atoms with Crippen LogP contribution in [0, 0.1) is 0 Å². The maximum atomic E-state index is 12.7. The third-order valence-corrected chi connectivity index (χ3v) is 5.31. The second-order valence-corrected chi connectivity index (χ2v) is 8.19. The number of nitrogens with zero attached hydrogens (tertiary/aromatic N) is 8. The van der Waals surface area contributed by atoms with E-state index in [0.29, 0.717) is 29.0 Å². The van der Waals surface area contributed by atoms with Gasteiger partial charge in [0.2, 0.25) is 5.95 Å². The van der Waals surface area contributed by atoms with E-state index in [1.165, 1.54) is 4.52 Å². The van der Waals surface area contributed by atoms with Crippen LogP contribution in [0.4, 0.5) is 33.7 Å². The van der Waals surface area contributed by atoms with Crippen LogP contribution in [0.25, 0.3) is 27.9 Å². The molecule has 0 aromatic carbocycles. The van der Waals surface area contributed by atoms with Gasteiger partial charge in [-0.3, -0.25) is 0 Å². The summed E-state index contributed by atoms with van der Waals surface area (Å²) in [6.07, 6.45) is -2.06. The van der Waals surface area contributed by atoms with E-state index < -0.39 is 18.6 Å². The van der Waals surface area contributed by atoms with Crippen LogP contribution in [0.5, 0.6) is 0 Å². The quantitative estimate of drug-likeness (QED) is 0.414. The van der Waals surface area contributed by atoms with Crippen molar-refractivity contribution in [2.45, 2.75) is 31.5 Å². The number of hydrogen-bond acceptors (Lipinski definition) is 8. The average molecular weight is 498 g/mol. The SMILES string of the molecule is CN1CCCC(F)(F)C1.CNc1nc(N)nn2ccc(-c3ccc4nnn(CC(F)(F)F)c4n3)c12. The Morgan fingerprint density at radius 3 is 2.57 bits per heavy atom. The highest BCUT2D eigenvalue weighted by Gasteiger charge is 2.33. The lowest BCUT2D eigenvalue weighted by Crippen LogP contribution is -2.39. The number of fused-ring (bicyclic) bond motifs is 2. The number of rotatable bonds is 3. The number of nitrogens with one attached hydrogen (secondary N) is 1. The van der Waals surface area contributed by atoms with Gasteiger partial charge in [-0.05, 0) is 38.2 Å². The van der Waals surface area contributed by atoms with Gasteiger partial charge < -0.3 is 16.0 Å². The lowest BCUT2D eigenvalue weighted by molar-refractivity contribution is -0.142. The van der Waals surface area contributed by atoms with E-state index in [1.807, 2.05) is 0 Å². The monoisotopic (exact) mass is 498 g/mol. The molecule has 1 aliphatic heterocycles. The normalized spacial score (nSPS) is 16.3. The smallest absolute Gasteiger partial charge is 0.371 e. The molecule has 10 nitrogen and oxygen atoms in total. The van der Waals surface area contributed by atoms with Crippen molar-refractivity contribution in [1.29, 1.82) is 0 Å². The van der Waals surface area contributed by atoms with Crippen molar-refractivity contribution in [2.75, 3.05) is 38.2 Å². The van der Waals surface area contributed by atoms with E-state index in [0.717, 1.165) is 11.2 Å². The van der Waals surface area contributed by atoms with Gasteiger partial charge >= 0.3 is 6.18 Å². The topological polar surface area (TPSA) is 115 Å². The molecule has 4 aromatic rings. The molecule has 5 rings (SSSR count). The Morgan fingerprint density at radius 1 is 1.17 bits per heavy atom. The number of anilines is 2. The van der Waals surface area contributed by atoms with Crippen LogP contribution in [0.15, 0.2) is 24.4 Å². The maximum Gasteiger partial charge on any atom is 0.408 e. The molecule has 0 spiro atoms. The zero-order chi connectivity index (χ0) is 25.4. The van der Waals surface area contributed by atoms with Crippen LogP contribution in [0.3, 0.4) is 0 Å². The predicted molar refractivity (Wildman–Crippen MR) is 119 cm³/mol. The Bertz CT molecular complexity index is 1330. The zero-order valence-electron chi connectivity index (χ0n) is 18.9. The van der Waals surface area contributed by atoms with Gasteiger partial charge in [0.1, 0.15) is 17.6 Å². The minimum absolute atomic E-state index is 0.0431. The van der Waals surface area contributed by atoms with Crippen LogP contribution in [-0.2, 0) is 6.54 Å². The van der Waals surface area contributed by atoms with Crippen molar-refractivity contribution < 1.29 is 22.0 Å². The molecule has 1 fully saturated rings. The summed E-state index contributed by atoms with van der Waals surface area (Å²) in [5.74, 6) is -1.87. The zero-order valence-corrected chi connectivity index (χ0v) is 18.9. The van der Waals surface area contributed by atoms with Gasteiger partial charge in [-0.2, -0.15) is 18.2 Å². The number of halogens is 5. The first kappa shape index (κ1) is 24.5. The molecule has 0 atom stereocenters. The first-order chi connectivity index (χ1) is 16.5. The van der Waals surface area contributed by atoms with Crippen molar-refractivity contribution in [2.24, 2.45) is 0 Å². The fourth-order valence-electron chi connectivity index (χ4n) is 3.86. The van der Waals surface area contributed by atoms with E-state index in [1.54, 1.807) is 43.4 Å². The molecule has 0 saturated carbocycles. The Balaban J connectivity index is 0.000000271. The third kappa shape index (κ3) is 5.55. The number of hydrogen-bond donors (Lipinski definition) is 2. The van der Waals surface area contributed by atoms with Crippen molar-refractivity contribution in [3.63, 3.8) is 0 Å². The molecule has 4 aromatic heterocycles. The number of likely N-dealkylation sites (tertiary alicyclic amines) is 1. The number of alkyl halides is 5. The van der Waals surface area contributed by atoms with Crippen molar-refractivity contribution in [1.82, 2.24) is 39.5 Å². The van der Waals surface area contributed by atoms with Crippen LogP contribution in [0.1, 0.15) is 12.8 Å². The van der Waals surface area contributed by atoms with E-state index in [9.17, 15) is 22.0 Å². The highest BCUT2D eigenvalue weighted by atomic mass is 19.4. The lowest BCUT2D eigenvalue weighted by atomic mass is 10.1. The number of aromatic nitrogens is 7. The summed E-state index contributed by atoms with van der Waals surface area (Å²) in [5.41, 5.74) is 7.66. The molecule has 188 valence electrons. The minimum Gasteiger partial charge on any atom is -0.371 e. The fourth-order valence-corrected chi connectivity index (χ4v) is 3.86. The summed E-state index contributed by atoms with van der Waals surface area (Å²) in [7, 11) is 3.41. The van der Waals surface area contributed by atoms with Gasteiger partial charge in [0, 0.05) is 25.2 Å². The summed E-state index contributed by atoms with van der Waals surface area (Å²) in [6.45, 7) is -0.513. The molecule has 0 bridgehead atoms. The van der Waals surface area contributed by atoms with Crippen molar-refractivity contribution in [3.05, 3.63) is 24.4 Å². The molecule has 0 radical (unpaired) electrons. The molecule has 15 heteroatoms. The molecule has 3 N–H and O–H groups in total. The molecule has 0 amide bonds. The molecule has 0 unspecified atom stereocenters. The first-order valence-electron chi connectivity index (χ1n) is 10.6. The molecule has 0 aliphatic carbocycles. The van der Waals surface area contributed by atoms with Gasteiger partial charge in [0.15, 0.2) is 11.5 Å². The van der Waals surface area contributed by atoms with E-state index >= 15 is 0 Å². The summed E-state index contributed by atoms with van der Waals surface area (Å²) in [5, 5.41) is 14.3. The van der Waals surface area contributed by atoms with Crippen LogP contribution >= 0.6 is 0 Å². The third-order valence-electron chi connectivity index (χ3n) is 5.31. The van der Waals surface area contributed by atoms with E-state index in [2.05, 4.69) is 30.7 Å². The fraction of sp³-hybridized carbons (Fsp3) is 0.450. The number of nitrogens with two attached hydrogens (primary N) is 1. The Labute approximate surface area is 195 Å². The second kappa shape index (κ2) is 9.20. The molecule has 1 saturated heterocycles. The Morgan fingerprint density at radius 2 is 1.94 bits per heavy atom. The molecule has 35 heavy (non-hydrogen) atoms. The van der Waals surface area contributed by atoms with Crippen LogP contribution in [0.2, 0.25) is 0 Å². The summed E-state index contributed by atoms with van der Waals surface area (Å²) >= 11 is 0.